The second-order valence-corrected chi connectivity index (χ2v) is 4.77. The van der Waals surface area contributed by atoms with Crippen LogP contribution in [0, 0.1) is 6.92 Å². The van der Waals surface area contributed by atoms with E-state index in [-0.39, 0.29) is 0 Å². The first-order valence-electron chi connectivity index (χ1n) is 5.64. The summed E-state index contributed by atoms with van der Waals surface area (Å²) in [6.07, 6.45) is 0. The molecule has 0 atom stereocenters. The Morgan fingerprint density at radius 2 is 2.17 bits per heavy atom. The van der Waals surface area contributed by atoms with Crippen LogP contribution in [-0.2, 0) is 7.05 Å². The molecule has 0 bridgehead atoms. The molecule has 3 aromatic rings. The van der Waals surface area contributed by atoms with Gasteiger partial charge in [-0.2, -0.15) is 5.10 Å². The summed E-state index contributed by atoms with van der Waals surface area (Å²) in [5.74, 6) is 0.489. The number of rotatable bonds is 1. The maximum atomic E-state index is 6.27. The molecule has 0 saturated heterocycles. The Morgan fingerprint density at radius 3 is 2.83 bits per heavy atom. The molecule has 0 saturated carbocycles. The first-order valence-corrected chi connectivity index (χ1v) is 6.02. The Labute approximate surface area is 109 Å². The molecule has 0 spiro atoms. The van der Waals surface area contributed by atoms with E-state index in [9.17, 15) is 0 Å². The summed E-state index contributed by atoms with van der Waals surface area (Å²) in [6, 6.07) is 7.74. The van der Waals surface area contributed by atoms with Crippen molar-refractivity contribution in [1.82, 2.24) is 14.8 Å². The number of nitrogen functional groups attached to an aromatic ring is 1. The van der Waals surface area contributed by atoms with E-state index >= 15 is 0 Å². The number of anilines is 1. The Balaban J connectivity index is 2.43. The van der Waals surface area contributed by atoms with Crippen LogP contribution in [-0.4, -0.2) is 14.8 Å². The van der Waals surface area contributed by atoms with E-state index in [1.807, 2.05) is 25.2 Å². The van der Waals surface area contributed by atoms with Gasteiger partial charge < -0.3 is 10.3 Å². The van der Waals surface area contributed by atoms with Crippen molar-refractivity contribution in [3.8, 4) is 11.3 Å². The quantitative estimate of drug-likeness (QED) is 0.706. The van der Waals surface area contributed by atoms with E-state index in [1.165, 1.54) is 0 Å². The van der Waals surface area contributed by atoms with Crippen molar-refractivity contribution in [1.29, 1.82) is 0 Å². The monoisotopic (exact) mass is 260 g/mol. The van der Waals surface area contributed by atoms with E-state index in [2.05, 4.69) is 27.8 Å². The minimum absolute atomic E-state index is 0.489. The van der Waals surface area contributed by atoms with Gasteiger partial charge in [-0.3, -0.25) is 5.10 Å². The summed E-state index contributed by atoms with van der Waals surface area (Å²) in [5, 5.41) is 8.79. The smallest absolute Gasteiger partial charge is 0.145 e. The molecule has 5 heteroatoms. The molecule has 0 amide bonds. The van der Waals surface area contributed by atoms with Crippen molar-refractivity contribution in [2.24, 2.45) is 7.05 Å². The summed E-state index contributed by atoms with van der Waals surface area (Å²) in [4.78, 5) is 0. The standard InChI is InChI=1S/C13H13ClN4/c1-7-12(10-6-11(15)17-16-10)8-4-3-5-9(14)13(8)18(7)2/h3-6H,1-2H3,(H3,15,16,17). The third kappa shape index (κ3) is 1.42. The normalized spacial score (nSPS) is 11.3. The maximum absolute atomic E-state index is 6.27. The molecular formula is C13H13ClN4. The van der Waals surface area contributed by atoms with Gasteiger partial charge in [0.25, 0.3) is 0 Å². The molecule has 2 heterocycles. The number of nitrogens with one attached hydrogen (secondary N) is 1. The van der Waals surface area contributed by atoms with Gasteiger partial charge in [-0.05, 0) is 13.0 Å². The van der Waals surface area contributed by atoms with Gasteiger partial charge in [0.2, 0.25) is 0 Å². The largest absolute Gasteiger partial charge is 0.382 e. The molecule has 0 unspecified atom stereocenters. The molecule has 1 aromatic carbocycles. The van der Waals surface area contributed by atoms with Crippen molar-refractivity contribution >= 4 is 28.3 Å². The number of nitrogens with zero attached hydrogens (tertiary/aromatic N) is 2. The van der Waals surface area contributed by atoms with Crippen molar-refractivity contribution in [3.63, 3.8) is 0 Å². The van der Waals surface area contributed by atoms with Gasteiger partial charge in [0.15, 0.2) is 0 Å². The van der Waals surface area contributed by atoms with E-state index < -0.39 is 0 Å². The summed E-state index contributed by atoms with van der Waals surface area (Å²) < 4.78 is 2.09. The van der Waals surface area contributed by atoms with Crippen molar-refractivity contribution in [2.75, 3.05) is 5.73 Å². The third-order valence-corrected chi connectivity index (χ3v) is 3.63. The molecule has 0 aliphatic heterocycles. The lowest BCUT2D eigenvalue weighted by Gasteiger charge is -2.00. The zero-order valence-electron chi connectivity index (χ0n) is 10.2. The van der Waals surface area contributed by atoms with Crippen LogP contribution in [0.2, 0.25) is 5.02 Å². The highest BCUT2D eigenvalue weighted by Crippen LogP contribution is 2.36. The minimum Gasteiger partial charge on any atom is -0.382 e. The van der Waals surface area contributed by atoms with Gasteiger partial charge in [-0.25, -0.2) is 0 Å². The van der Waals surface area contributed by atoms with Gasteiger partial charge >= 0.3 is 0 Å². The number of hydrogen-bond donors (Lipinski definition) is 2. The Morgan fingerprint density at radius 1 is 1.39 bits per heavy atom. The molecule has 0 aliphatic rings. The lowest BCUT2D eigenvalue weighted by atomic mass is 10.1. The third-order valence-electron chi connectivity index (χ3n) is 3.32. The molecule has 92 valence electrons. The number of H-pyrrole nitrogens is 1. The van der Waals surface area contributed by atoms with Crippen LogP contribution in [0.3, 0.4) is 0 Å². The highest BCUT2D eigenvalue weighted by atomic mass is 35.5. The van der Waals surface area contributed by atoms with Gasteiger partial charge in [-0.15, -0.1) is 0 Å². The summed E-state index contributed by atoms with van der Waals surface area (Å²) >= 11 is 6.27. The van der Waals surface area contributed by atoms with Crippen molar-refractivity contribution in [2.45, 2.75) is 6.92 Å². The number of aromatic amines is 1. The van der Waals surface area contributed by atoms with Gasteiger partial charge in [0, 0.05) is 29.8 Å². The number of para-hydroxylation sites is 1. The first-order chi connectivity index (χ1) is 8.59. The number of fused-ring (bicyclic) bond motifs is 1. The van der Waals surface area contributed by atoms with Gasteiger partial charge in [-0.1, -0.05) is 23.7 Å². The molecule has 0 aliphatic carbocycles. The number of nitrogens with two attached hydrogens (primary N) is 1. The van der Waals surface area contributed by atoms with Gasteiger partial charge in [0.1, 0.15) is 5.82 Å². The van der Waals surface area contributed by atoms with Crippen LogP contribution in [0.1, 0.15) is 5.69 Å². The molecule has 4 nitrogen and oxygen atoms in total. The SMILES string of the molecule is Cc1c(-c2cc(N)n[nH]2)c2cccc(Cl)c2n1C. The summed E-state index contributed by atoms with van der Waals surface area (Å²) in [5.41, 5.74) is 9.84. The highest BCUT2D eigenvalue weighted by molar-refractivity contribution is 6.35. The Hall–Kier alpha value is -1.94. The zero-order chi connectivity index (χ0) is 12.9. The fourth-order valence-corrected chi connectivity index (χ4v) is 2.69. The molecule has 3 rings (SSSR count). The Kier molecular flexibility index (Phi) is 2.35. The first kappa shape index (κ1) is 11.2. The second-order valence-electron chi connectivity index (χ2n) is 4.36. The number of aryl methyl sites for hydroxylation is 1. The van der Waals surface area contributed by atoms with E-state index in [0.29, 0.717) is 5.82 Å². The lowest BCUT2D eigenvalue weighted by molar-refractivity contribution is 0.918. The van der Waals surface area contributed by atoms with E-state index in [0.717, 1.165) is 32.9 Å². The van der Waals surface area contributed by atoms with Gasteiger partial charge in [0.05, 0.1) is 16.2 Å². The number of benzene rings is 1. The second kappa shape index (κ2) is 3.78. The number of halogens is 1. The molecule has 0 radical (unpaired) electrons. The molecule has 18 heavy (non-hydrogen) atoms. The fraction of sp³-hybridized carbons (Fsp3) is 0.154. The molecule has 3 N–H and O–H groups in total. The highest BCUT2D eigenvalue weighted by Gasteiger charge is 2.16. The van der Waals surface area contributed by atoms with Crippen molar-refractivity contribution in [3.05, 3.63) is 35.0 Å². The van der Waals surface area contributed by atoms with Crippen LogP contribution in [0.25, 0.3) is 22.2 Å². The number of aromatic nitrogens is 3. The van der Waals surface area contributed by atoms with Crippen LogP contribution in [0.4, 0.5) is 5.82 Å². The van der Waals surface area contributed by atoms with Crippen LogP contribution < -0.4 is 5.73 Å². The molecule has 2 aromatic heterocycles. The van der Waals surface area contributed by atoms with Crippen LogP contribution >= 0.6 is 11.6 Å². The van der Waals surface area contributed by atoms with Crippen LogP contribution in [0.15, 0.2) is 24.3 Å². The topological polar surface area (TPSA) is 59.6 Å². The minimum atomic E-state index is 0.489. The van der Waals surface area contributed by atoms with Crippen molar-refractivity contribution < 1.29 is 0 Å². The average Bonchev–Trinajstić information content (AvgIpc) is 2.84. The summed E-state index contributed by atoms with van der Waals surface area (Å²) in [6.45, 7) is 2.06. The lowest BCUT2D eigenvalue weighted by Crippen LogP contribution is -1.91. The zero-order valence-corrected chi connectivity index (χ0v) is 10.9. The number of hydrogen-bond acceptors (Lipinski definition) is 2. The summed E-state index contributed by atoms with van der Waals surface area (Å²) in [7, 11) is 2.01. The molecular weight excluding hydrogens is 248 g/mol. The molecule has 0 fully saturated rings. The maximum Gasteiger partial charge on any atom is 0.145 e. The predicted octanol–water partition coefficient (Wildman–Crippen LogP) is 3.11. The van der Waals surface area contributed by atoms with Crippen LogP contribution in [0.5, 0.6) is 0 Å². The van der Waals surface area contributed by atoms with E-state index in [1.54, 1.807) is 0 Å². The predicted molar refractivity (Wildman–Crippen MR) is 74.7 cm³/mol. The van der Waals surface area contributed by atoms with E-state index in [4.69, 9.17) is 17.3 Å². The Bertz CT molecular complexity index is 739. The average molecular weight is 261 g/mol. The fourth-order valence-electron chi connectivity index (χ4n) is 2.39.